The van der Waals surface area contributed by atoms with Crippen LogP contribution in [0.15, 0.2) is 23.6 Å². The second-order valence-electron chi connectivity index (χ2n) is 8.44. The Morgan fingerprint density at radius 3 is 2.64 bits per heavy atom. The Hall–Kier alpha value is -1.67. The Morgan fingerprint density at radius 1 is 1.25 bits per heavy atom. The number of sulfone groups is 1. The molecular formula is C20H31N3O4S. The number of hydrogen-bond acceptors (Lipinski definition) is 5. The molecule has 3 N–H and O–H groups in total. The highest BCUT2D eigenvalue weighted by molar-refractivity contribution is 7.94. The maximum Gasteiger partial charge on any atom is 0.237 e. The number of nitrogens with one attached hydrogen (secondary N) is 3. The third-order valence-electron chi connectivity index (χ3n) is 5.86. The molecule has 2 unspecified atom stereocenters. The van der Waals surface area contributed by atoms with E-state index in [1.54, 1.807) is 6.08 Å². The maximum atomic E-state index is 13.0. The van der Waals surface area contributed by atoms with E-state index in [0.717, 1.165) is 19.3 Å². The molecule has 0 spiro atoms. The van der Waals surface area contributed by atoms with Crippen molar-refractivity contribution >= 4 is 21.7 Å². The third kappa shape index (κ3) is 5.23. The van der Waals surface area contributed by atoms with Crippen molar-refractivity contribution in [2.45, 2.75) is 70.1 Å². The Bertz CT molecular complexity index is 759. The van der Waals surface area contributed by atoms with Crippen molar-refractivity contribution in [3.63, 3.8) is 0 Å². The van der Waals surface area contributed by atoms with Gasteiger partial charge in [0.1, 0.15) is 0 Å². The van der Waals surface area contributed by atoms with Crippen molar-refractivity contribution in [3.05, 3.63) is 23.6 Å². The summed E-state index contributed by atoms with van der Waals surface area (Å²) in [5, 5.41) is 10.6. The first-order valence-electron chi connectivity index (χ1n) is 10.2. The van der Waals surface area contributed by atoms with E-state index in [0.29, 0.717) is 18.8 Å². The van der Waals surface area contributed by atoms with Gasteiger partial charge >= 0.3 is 0 Å². The van der Waals surface area contributed by atoms with Crippen molar-refractivity contribution in [1.82, 2.24) is 16.0 Å². The molecule has 2 amide bonds. The minimum Gasteiger partial charge on any atom is -0.351 e. The molecule has 0 bridgehead atoms. The van der Waals surface area contributed by atoms with Crippen LogP contribution in [0.25, 0.3) is 0 Å². The average Bonchev–Trinajstić information content (AvgIpc) is 3.00. The van der Waals surface area contributed by atoms with Crippen LogP contribution < -0.4 is 16.0 Å². The Morgan fingerprint density at radius 2 is 2.04 bits per heavy atom. The van der Waals surface area contributed by atoms with Gasteiger partial charge in [0.15, 0.2) is 9.84 Å². The molecule has 2 aliphatic heterocycles. The van der Waals surface area contributed by atoms with Gasteiger partial charge in [-0.2, -0.15) is 0 Å². The molecule has 1 saturated heterocycles. The van der Waals surface area contributed by atoms with Crippen LogP contribution in [-0.2, 0) is 19.4 Å². The fraction of sp³-hybridized carbons (Fsp3) is 0.700. The van der Waals surface area contributed by atoms with E-state index in [2.05, 4.69) is 28.1 Å². The first-order valence-corrected chi connectivity index (χ1v) is 11.9. The molecule has 156 valence electrons. The lowest BCUT2D eigenvalue weighted by Crippen LogP contribution is -2.61. The summed E-state index contributed by atoms with van der Waals surface area (Å²) in [6, 6.07) is -1.01. The number of hydrogen-bond donors (Lipinski definition) is 3. The minimum absolute atomic E-state index is 0.00551. The van der Waals surface area contributed by atoms with Crippen LogP contribution >= 0.6 is 0 Å². The molecule has 1 fully saturated rings. The average molecular weight is 410 g/mol. The van der Waals surface area contributed by atoms with E-state index in [1.165, 1.54) is 5.41 Å². The van der Waals surface area contributed by atoms with Crippen molar-refractivity contribution in [2.24, 2.45) is 11.8 Å². The summed E-state index contributed by atoms with van der Waals surface area (Å²) < 4.78 is 23.3. The number of carbonyl (C=O) groups excluding carboxylic acids is 2. The Kier molecular flexibility index (Phi) is 6.60. The number of piperidine rings is 1. The molecule has 0 saturated carbocycles. The van der Waals surface area contributed by atoms with Crippen LogP contribution in [0.2, 0.25) is 0 Å². The predicted molar refractivity (Wildman–Crippen MR) is 108 cm³/mol. The van der Waals surface area contributed by atoms with Gasteiger partial charge in [-0.1, -0.05) is 32.1 Å². The molecule has 5 atom stereocenters. The number of allylic oxidation sites excluding steroid dienone is 2. The second-order valence-corrected chi connectivity index (χ2v) is 10.4. The molecule has 28 heavy (non-hydrogen) atoms. The van der Waals surface area contributed by atoms with Crippen LogP contribution in [-0.4, -0.2) is 50.2 Å². The number of amides is 2. The zero-order valence-electron chi connectivity index (χ0n) is 16.6. The fourth-order valence-corrected chi connectivity index (χ4v) is 5.58. The van der Waals surface area contributed by atoms with Crippen molar-refractivity contribution in [1.29, 1.82) is 0 Å². The Balaban J connectivity index is 1.66. The lowest BCUT2D eigenvalue weighted by atomic mass is 9.80. The van der Waals surface area contributed by atoms with Gasteiger partial charge in [0.2, 0.25) is 11.8 Å². The molecule has 1 aliphatic carbocycles. The topological polar surface area (TPSA) is 104 Å². The highest BCUT2D eigenvalue weighted by Gasteiger charge is 2.37. The van der Waals surface area contributed by atoms with E-state index < -0.39 is 15.9 Å². The van der Waals surface area contributed by atoms with Crippen molar-refractivity contribution < 1.29 is 18.0 Å². The van der Waals surface area contributed by atoms with Gasteiger partial charge in [-0.3, -0.25) is 14.9 Å². The molecule has 3 aliphatic rings. The largest absolute Gasteiger partial charge is 0.351 e. The second kappa shape index (κ2) is 8.78. The first kappa shape index (κ1) is 21.0. The molecule has 3 rings (SSSR count). The number of rotatable bonds is 6. The van der Waals surface area contributed by atoms with Crippen molar-refractivity contribution in [3.8, 4) is 0 Å². The number of carbonyl (C=O) groups is 2. The highest BCUT2D eigenvalue weighted by atomic mass is 32.2. The summed E-state index contributed by atoms with van der Waals surface area (Å²) in [4.78, 5) is 25.0. The lowest BCUT2D eigenvalue weighted by molar-refractivity contribution is -0.129. The van der Waals surface area contributed by atoms with Gasteiger partial charge in [0, 0.05) is 23.9 Å². The highest BCUT2D eigenvalue weighted by Crippen LogP contribution is 2.27. The van der Waals surface area contributed by atoms with Crippen LogP contribution in [0.4, 0.5) is 0 Å². The zero-order valence-corrected chi connectivity index (χ0v) is 17.4. The fourth-order valence-electron chi connectivity index (χ4n) is 4.33. The quantitative estimate of drug-likeness (QED) is 0.569. The molecule has 8 heteroatoms. The normalized spacial score (nSPS) is 32.9. The SMILES string of the molecule is CC(C)C(NC1C=CS(=O)(=O)C1)C(=O)N[C@@H]1CCC(=O)N[C@H]1[C@@H]1CC=CCC1. The molecule has 2 heterocycles. The van der Waals surface area contributed by atoms with E-state index in [-0.39, 0.29) is 41.6 Å². The molecule has 0 radical (unpaired) electrons. The summed E-state index contributed by atoms with van der Waals surface area (Å²) in [5.41, 5.74) is 0. The summed E-state index contributed by atoms with van der Waals surface area (Å²) in [7, 11) is -3.18. The summed E-state index contributed by atoms with van der Waals surface area (Å²) in [6.07, 6.45) is 9.87. The lowest BCUT2D eigenvalue weighted by Gasteiger charge is -2.39. The maximum absolute atomic E-state index is 13.0. The van der Waals surface area contributed by atoms with Gasteiger partial charge in [0.25, 0.3) is 0 Å². The predicted octanol–water partition coefficient (Wildman–Crippen LogP) is 1.03. The molecule has 7 nitrogen and oxygen atoms in total. The van der Waals surface area contributed by atoms with Gasteiger partial charge in [-0.25, -0.2) is 8.42 Å². The van der Waals surface area contributed by atoms with Crippen LogP contribution in [0, 0.1) is 11.8 Å². The summed E-state index contributed by atoms with van der Waals surface area (Å²) in [5.74, 6) is 0.231. The van der Waals surface area contributed by atoms with E-state index in [4.69, 9.17) is 0 Å². The molecule has 0 aromatic rings. The minimum atomic E-state index is -3.18. The summed E-state index contributed by atoms with van der Waals surface area (Å²) in [6.45, 7) is 3.88. The van der Waals surface area contributed by atoms with Gasteiger partial charge < -0.3 is 10.6 Å². The Labute approximate surface area is 167 Å². The molecule has 0 aromatic heterocycles. The van der Waals surface area contributed by atoms with E-state index >= 15 is 0 Å². The monoisotopic (exact) mass is 409 g/mol. The van der Waals surface area contributed by atoms with Crippen LogP contribution in [0.3, 0.4) is 0 Å². The van der Waals surface area contributed by atoms with Gasteiger partial charge in [0.05, 0.1) is 17.8 Å². The van der Waals surface area contributed by atoms with E-state index in [9.17, 15) is 18.0 Å². The summed E-state index contributed by atoms with van der Waals surface area (Å²) >= 11 is 0. The zero-order chi connectivity index (χ0) is 20.3. The van der Waals surface area contributed by atoms with Gasteiger partial charge in [-0.15, -0.1) is 0 Å². The van der Waals surface area contributed by atoms with Crippen LogP contribution in [0.1, 0.15) is 46.0 Å². The van der Waals surface area contributed by atoms with E-state index in [1.807, 2.05) is 13.8 Å². The van der Waals surface area contributed by atoms with Gasteiger partial charge in [-0.05, 0) is 37.5 Å². The smallest absolute Gasteiger partial charge is 0.237 e. The molecular weight excluding hydrogens is 378 g/mol. The first-order chi connectivity index (χ1) is 13.2. The molecule has 0 aromatic carbocycles. The third-order valence-corrected chi connectivity index (χ3v) is 7.26. The van der Waals surface area contributed by atoms with Crippen molar-refractivity contribution in [2.75, 3.05) is 5.75 Å². The standard InChI is InChI=1S/C20H31N3O4S/c1-13(2)18(21-15-10-11-28(26,27)12-15)20(25)22-16-8-9-17(24)23-19(16)14-6-4-3-5-7-14/h3-4,10-11,13-16,18-19,21H,5-9,12H2,1-2H3,(H,22,25)(H,23,24)/t14-,15?,16-,18?,19+/m1/s1. The van der Waals surface area contributed by atoms with Crippen LogP contribution in [0.5, 0.6) is 0 Å².